The van der Waals surface area contributed by atoms with Crippen LogP contribution >= 0.6 is 11.8 Å². The van der Waals surface area contributed by atoms with E-state index in [2.05, 4.69) is 19.3 Å². The van der Waals surface area contributed by atoms with Crippen LogP contribution in [-0.4, -0.2) is 18.8 Å². The lowest BCUT2D eigenvalue weighted by Gasteiger charge is -2.33. The quantitative estimate of drug-likeness (QED) is 0.762. The molecule has 0 radical (unpaired) electrons. The maximum atomic E-state index is 12.9. The van der Waals surface area contributed by atoms with Gasteiger partial charge in [0, 0.05) is 16.7 Å². The first-order valence-corrected chi connectivity index (χ1v) is 8.77. The molecule has 0 bridgehead atoms. The molecule has 3 heteroatoms. The molecule has 112 valence electrons. The largest absolute Gasteiger partial charge is 0.316 e. The van der Waals surface area contributed by atoms with Gasteiger partial charge in [0.05, 0.1) is 0 Å². The third-order valence-corrected chi connectivity index (χ3v) is 5.78. The lowest BCUT2D eigenvalue weighted by atomic mass is 9.78. The van der Waals surface area contributed by atoms with Crippen molar-refractivity contribution in [2.45, 2.75) is 50.0 Å². The zero-order valence-corrected chi connectivity index (χ0v) is 13.4. The Morgan fingerprint density at radius 2 is 1.85 bits per heavy atom. The van der Waals surface area contributed by atoms with Crippen molar-refractivity contribution >= 4 is 11.8 Å². The number of nitrogens with one attached hydrogen (secondary N) is 1. The Bertz CT molecular complexity index is 384. The van der Waals surface area contributed by atoms with Gasteiger partial charge in [0.1, 0.15) is 5.82 Å². The predicted molar refractivity (Wildman–Crippen MR) is 85.7 cm³/mol. The SMILES string of the molecule is CCC1CCC(C(CSc2ccc(F)cc2)NC)CC1. The van der Waals surface area contributed by atoms with Crippen LogP contribution in [0.3, 0.4) is 0 Å². The molecular weight excluding hydrogens is 269 g/mol. The van der Waals surface area contributed by atoms with Crippen LogP contribution in [0.15, 0.2) is 29.2 Å². The standard InChI is InChI=1S/C17H26FNS/c1-3-13-4-6-14(7-5-13)17(19-2)12-20-16-10-8-15(18)9-11-16/h8-11,13-14,17,19H,3-7,12H2,1-2H3. The van der Waals surface area contributed by atoms with Crippen LogP contribution in [0.25, 0.3) is 0 Å². The van der Waals surface area contributed by atoms with Crippen molar-refractivity contribution < 1.29 is 4.39 Å². The molecule has 0 saturated heterocycles. The Kier molecular flexibility index (Phi) is 6.37. The van der Waals surface area contributed by atoms with E-state index in [0.717, 1.165) is 22.5 Å². The topological polar surface area (TPSA) is 12.0 Å². The third-order valence-electron chi connectivity index (χ3n) is 4.65. The average Bonchev–Trinajstić information content (AvgIpc) is 2.50. The van der Waals surface area contributed by atoms with Crippen LogP contribution in [0.2, 0.25) is 0 Å². The van der Waals surface area contributed by atoms with Crippen molar-refractivity contribution in [3.63, 3.8) is 0 Å². The molecule has 0 spiro atoms. The third kappa shape index (κ3) is 4.49. The minimum absolute atomic E-state index is 0.155. The number of benzene rings is 1. The van der Waals surface area contributed by atoms with Crippen molar-refractivity contribution in [1.82, 2.24) is 5.32 Å². The number of thioether (sulfide) groups is 1. The molecule has 1 atom stereocenters. The first-order chi connectivity index (χ1) is 9.72. The summed E-state index contributed by atoms with van der Waals surface area (Å²) in [6.07, 6.45) is 6.82. The molecule has 2 rings (SSSR count). The Morgan fingerprint density at radius 3 is 2.40 bits per heavy atom. The molecule has 1 nitrogen and oxygen atoms in total. The summed E-state index contributed by atoms with van der Waals surface area (Å²) >= 11 is 1.83. The Labute approximate surface area is 126 Å². The second kappa shape index (κ2) is 8.04. The molecule has 1 aromatic carbocycles. The van der Waals surface area contributed by atoms with E-state index in [1.54, 1.807) is 12.1 Å². The van der Waals surface area contributed by atoms with E-state index >= 15 is 0 Å². The van der Waals surface area contributed by atoms with Gasteiger partial charge in [0.2, 0.25) is 0 Å². The highest BCUT2D eigenvalue weighted by molar-refractivity contribution is 7.99. The van der Waals surface area contributed by atoms with Gasteiger partial charge in [-0.2, -0.15) is 0 Å². The molecule has 0 heterocycles. The minimum atomic E-state index is -0.155. The summed E-state index contributed by atoms with van der Waals surface area (Å²) in [5, 5.41) is 3.49. The molecule has 1 fully saturated rings. The Balaban J connectivity index is 1.81. The second-order valence-corrected chi connectivity index (χ2v) is 6.94. The van der Waals surface area contributed by atoms with Crippen LogP contribution in [0.1, 0.15) is 39.0 Å². The molecule has 0 aliphatic heterocycles. The van der Waals surface area contributed by atoms with Gasteiger partial charge in [-0.15, -0.1) is 11.8 Å². The summed E-state index contributed by atoms with van der Waals surface area (Å²) in [4.78, 5) is 1.16. The molecule has 1 aliphatic rings. The van der Waals surface area contributed by atoms with Crippen LogP contribution in [-0.2, 0) is 0 Å². The van der Waals surface area contributed by atoms with Crippen LogP contribution < -0.4 is 5.32 Å². The van der Waals surface area contributed by atoms with E-state index in [9.17, 15) is 4.39 Å². The van der Waals surface area contributed by atoms with Gasteiger partial charge in [-0.1, -0.05) is 26.2 Å². The highest BCUT2D eigenvalue weighted by Gasteiger charge is 2.26. The monoisotopic (exact) mass is 295 g/mol. The normalized spacial score (nSPS) is 24.6. The summed E-state index contributed by atoms with van der Waals surface area (Å²) in [6.45, 7) is 2.31. The zero-order chi connectivity index (χ0) is 14.4. The van der Waals surface area contributed by atoms with E-state index in [0.29, 0.717) is 6.04 Å². The van der Waals surface area contributed by atoms with Crippen molar-refractivity contribution in [2.24, 2.45) is 11.8 Å². The summed E-state index contributed by atoms with van der Waals surface area (Å²) in [7, 11) is 2.07. The molecule has 0 amide bonds. The fourth-order valence-corrected chi connectivity index (χ4v) is 4.31. The van der Waals surface area contributed by atoms with Gasteiger partial charge >= 0.3 is 0 Å². The van der Waals surface area contributed by atoms with E-state index in [-0.39, 0.29) is 5.82 Å². The minimum Gasteiger partial charge on any atom is -0.316 e. The molecule has 0 aromatic heterocycles. The van der Waals surface area contributed by atoms with E-state index in [1.807, 2.05) is 23.9 Å². The fourth-order valence-electron chi connectivity index (χ4n) is 3.17. The van der Waals surface area contributed by atoms with Crippen LogP contribution in [0, 0.1) is 17.7 Å². The first kappa shape index (κ1) is 15.8. The van der Waals surface area contributed by atoms with Gasteiger partial charge in [0.15, 0.2) is 0 Å². The molecule has 1 aliphatic carbocycles. The lowest BCUT2D eigenvalue weighted by Crippen LogP contribution is -2.37. The molecule has 1 saturated carbocycles. The van der Waals surface area contributed by atoms with E-state index in [4.69, 9.17) is 0 Å². The summed E-state index contributed by atoms with van der Waals surface area (Å²) < 4.78 is 12.9. The highest BCUT2D eigenvalue weighted by Crippen LogP contribution is 2.34. The first-order valence-electron chi connectivity index (χ1n) is 7.78. The van der Waals surface area contributed by atoms with Crippen molar-refractivity contribution in [3.05, 3.63) is 30.1 Å². The average molecular weight is 295 g/mol. The van der Waals surface area contributed by atoms with Crippen LogP contribution in [0.4, 0.5) is 4.39 Å². The van der Waals surface area contributed by atoms with Gasteiger partial charge < -0.3 is 5.32 Å². The smallest absolute Gasteiger partial charge is 0.123 e. The fraction of sp³-hybridized carbons (Fsp3) is 0.647. The summed E-state index contributed by atoms with van der Waals surface area (Å²) in [6, 6.07) is 7.41. The maximum absolute atomic E-state index is 12.9. The number of hydrogen-bond donors (Lipinski definition) is 1. The summed E-state index contributed by atoms with van der Waals surface area (Å²) in [5.41, 5.74) is 0. The number of rotatable bonds is 6. The number of halogens is 1. The van der Waals surface area contributed by atoms with Gasteiger partial charge in [-0.3, -0.25) is 0 Å². The molecule has 1 aromatic rings. The summed E-state index contributed by atoms with van der Waals surface area (Å²) in [5.74, 6) is 2.67. The Hall–Kier alpha value is -0.540. The van der Waals surface area contributed by atoms with E-state index in [1.165, 1.54) is 32.1 Å². The number of hydrogen-bond acceptors (Lipinski definition) is 2. The van der Waals surface area contributed by atoms with Crippen molar-refractivity contribution in [3.8, 4) is 0 Å². The van der Waals surface area contributed by atoms with Crippen molar-refractivity contribution in [1.29, 1.82) is 0 Å². The second-order valence-electron chi connectivity index (χ2n) is 5.85. The highest BCUT2D eigenvalue weighted by atomic mass is 32.2. The lowest BCUT2D eigenvalue weighted by molar-refractivity contribution is 0.233. The van der Waals surface area contributed by atoms with E-state index < -0.39 is 0 Å². The Morgan fingerprint density at radius 1 is 1.20 bits per heavy atom. The van der Waals surface area contributed by atoms with Gasteiger partial charge in [-0.05, 0) is 56.0 Å². The van der Waals surface area contributed by atoms with Gasteiger partial charge in [-0.25, -0.2) is 4.39 Å². The van der Waals surface area contributed by atoms with Crippen molar-refractivity contribution in [2.75, 3.05) is 12.8 Å². The maximum Gasteiger partial charge on any atom is 0.123 e. The molecule has 1 N–H and O–H groups in total. The van der Waals surface area contributed by atoms with Crippen LogP contribution in [0.5, 0.6) is 0 Å². The molecule has 1 unspecified atom stereocenters. The zero-order valence-electron chi connectivity index (χ0n) is 12.6. The molecular formula is C17H26FNS. The van der Waals surface area contributed by atoms with Gasteiger partial charge in [0.25, 0.3) is 0 Å². The molecule has 20 heavy (non-hydrogen) atoms. The predicted octanol–water partition coefficient (Wildman–Crippen LogP) is 4.72.